The van der Waals surface area contributed by atoms with Crippen LogP contribution in [0.25, 0.3) is 0 Å². The Balaban J connectivity index is 4.24. The molecule has 1 radical (unpaired) electrons. The third kappa shape index (κ3) is 2.40. The van der Waals surface area contributed by atoms with Gasteiger partial charge < -0.3 is 5.73 Å². The fourth-order valence-corrected chi connectivity index (χ4v) is 0.907. The van der Waals surface area contributed by atoms with E-state index in [0.717, 1.165) is 11.0 Å². The van der Waals surface area contributed by atoms with Gasteiger partial charge in [-0.25, -0.2) is 0 Å². The molecular formula is C8H15BN. The van der Waals surface area contributed by atoms with Crippen LogP contribution in [0.4, 0.5) is 0 Å². The topological polar surface area (TPSA) is 26.0 Å². The quantitative estimate of drug-likeness (QED) is 0.462. The third-order valence-electron chi connectivity index (χ3n) is 1.52. The molecule has 0 unspecified atom stereocenters. The van der Waals surface area contributed by atoms with E-state index in [0.29, 0.717) is 0 Å². The Morgan fingerprint density at radius 2 is 2.20 bits per heavy atom. The molecule has 0 fully saturated rings. The van der Waals surface area contributed by atoms with Crippen molar-refractivity contribution in [3.05, 3.63) is 23.7 Å². The van der Waals surface area contributed by atoms with Gasteiger partial charge in [0.05, 0.1) is 0 Å². The highest BCUT2D eigenvalue weighted by molar-refractivity contribution is 6.45. The van der Waals surface area contributed by atoms with Crippen LogP contribution in [0, 0.1) is 0 Å². The zero-order valence-electron chi connectivity index (χ0n) is 7.02. The van der Waals surface area contributed by atoms with Gasteiger partial charge in [0.1, 0.15) is 7.28 Å². The van der Waals surface area contributed by atoms with Crippen molar-refractivity contribution in [3.8, 4) is 0 Å². The fraction of sp³-hybridized carbons (Fsp3) is 0.500. The normalized spacial score (nSPS) is 14.6. The Kier molecular flexibility index (Phi) is 4.13. The van der Waals surface area contributed by atoms with Crippen molar-refractivity contribution in [1.29, 1.82) is 0 Å². The van der Waals surface area contributed by atoms with Gasteiger partial charge >= 0.3 is 0 Å². The summed E-state index contributed by atoms with van der Waals surface area (Å²) in [5.41, 5.74) is 7.83. The highest BCUT2D eigenvalue weighted by atomic mass is 14.6. The summed E-state index contributed by atoms with van der Waals surface area (Å²) in [7, 11) is 1.97. The van der Waals surface area contributed by atoms with Crippen molar-refractivity contribution >= 4 is 7.28 Å². The van der Waals surface area contributed by atoms with E-state index in [-0.39, 0.29) is 6.04 Å². The summed E-state index contributed by atoms with van der Waals surface area (Å²) in [5.74, 6) is 0. The van der Waals surface area contributed by atoms with Crippen LogP contribution >= 0.6 is 0 Å². The predicted octanol–water partition coefficient (Wildman–Crippen LogP) is 1.55. The van der Waals surface area contributed by atoms with Gasteiger partial charge in [0.15, 0.2) is 0 Å². The van der Waals surface area contributed by atoms with E-state index >= 15 is 0 Å². The Morgan fingerprint density at radius 3 is 2.30 bits per heavy atom. The minimum Gasteiger partial charge on any atom is -0.324 e. The molecule has 0 rings (SSSR count). The maximum absolute atomic E-state index is 5.67. The Labute approximate surface area is 64.2 Å². The van der Waals surface area contributed by atoms with Gasteiger partial charge in [-0.05, 0) is 19.4 Å². The Hall–Kier alpha value is -0.495. The number of rotatable bonds is 3. The summed E-state index contributed by atoms with van der Waals surface area (Å²) in [6, 6.07) is 0.0914. The minimum absolute atomic E-state index is 0.0914. The van der Waals surface area contributed by atoms with Crippen LogP contribution in [0.3, 0.4) is 0 Å². The standard InChI is InChI=1S/C8H15BN/c1-5-8(7(3)10)6(2)9-4/h5,7H,2,10H2,1,3-4H3/b8-5+/t7-/m0/s1. The van der Waals surface area contributed by atoms with Crippen molar-refractivity contribution in [2.45, 2.75) is 26.7 Å². The molecule has 0 aromatic rings. The summed E-state index contributed by atoms with van der Waals surface area (Å²) < 4.78 is 0. The van der Waals surface area contributed by atoms with Gasteiger partial charge in [-0.2, -0.15) is 0 Å². The van der Waals surface area contributed by atoms with E-state index in [4.69, 9.17) is 5.73 Å². The Morgan fingerprint density at radius 1 is 1.70 bits per heavy atom. The number of nitrogens with two attached hydrogens (primary N) is 1. The number of allylic oxidation sites excluding steroid dienone is 1. The second kappa shape index (κ2) is 4.34. The maximum Gasteiger partial charge on any atom is 0.147 e. The molecule has 0 amide bonds. The molecule has 10 heavy (non-hydrogen) atoms. The van der Waals surface area contributed by atoms with Crippen molar-refractivity contribution in [2.24, 2.45) is 5.73 Å². The molecule has 0 aliphatic carbocycles. The van der Waals surface area contributed by atoms with E-state index < -0.39 is 0 Å². The molecule has 0 saturated carbocycles. The van der Waals surface area contributed by atoms with Crippen LogP contribution in [-0.2, 0) is 0 Å². The summed E-state index contributed by atoms with van der Waals surface area (Å²) in [4.78, 5) is 0. The van der Waals surface area contributed by atoms with E-state index in [2.05, 4.69) is 6.58 Å². The molecule has 0 spiro atoms. The Bertz CT molecular complexity index is 147. The number of hydrogen-bond acceptors (Lipinski definition) is 1. The average Bonchev–Trinajstić information content (AvgIpc) is 1.88. The SMILES string of the molecule is C=C([B]C)/C(=C\C)[C@H](C)N. The van der Waals surface area contributed by atoms with Gasteiger partial charge in [-0.3, -0.25) is 0 Å². The monoisotopic (exact) mass is 136 g/mol. The molecule has 0 aromatic heterocycles. The smallest absolute Gasteiger partial charge is 0.147 e. The first-order chi connectivity index (χ1) is 4.63. The highest BCUT2D eigenvalue weighted by Crippen LogP contribution is 2.08. The zero-order valence-corrected chi connectivity index (χ0v) is 7.02. The van der Waals surface area contributed by atoms with Gasteiger partial charge in [-0.15, -0.1) is 6.58 Å². The molecule has 0 aliphatic rings. The lowest BCUT2D eigenvalue weighted by Crippen LogP contribution is -2.20. The van der Waals surface area contributed by atoms with Crippen molar-refractivity contribution in [1.82, 2.24) is 0 Å². The van der Waals surface area contributed by atoms with Crippen LogP contribution in [0.5, 0.6) is 0 Å². The molecule has 0 heterocycles. The van der Waals surface area contributed by atoms with Crippen LogP contribution in [0.1, 0.15) is 13.8 Å². The summed E-state index contributed by atoms with van der Waals surface area (Å²) in [6.45, 7) is 9.77. The first kappa shape index (κ1) is 9.50. The summed E-state index contributed by atoms with van der Waals surface area (Å²) in [6.07, 6.45) is 2.01. The maximum atomic E-state index is 5.67. The molecule has 55 valence electrons. The average molecular weight is 136 g/mol. The van der Waals surface area contributed by atoms with E-state index in [9.17, 15) is 0 Å². The van der Waals surface area contributed by atoms with Crippen molar-refractivity contribution < 1.29 is 0 Å². The van der Waals surface area contributed by atoms with Crippen molar-refractivity contribution in [2.75, 3.05) is 0 Å². The molecular weight excluding hydrogens is 121 g/mol. The zero-order chi connectivity index (χ0) is 8.15. The highest BCUT2D eigenvalue weighted by Gasteiger charge is 2.03. The molecule has 0 bridgehead atoms. The largest absolute Gasteiger partial charge is 0.324 e. The molecule has 2 N–H and O–H groups in total. The lowest BCUT2D eigenvalue weighted by Gasteiger charge is -2.11. The first-order valence-corrected chi connectivity index (χ1v) is 3.53. The third-order valence-corrected chi connectivity index (χ3v) is 1.52. The molecule has 0 aliphatic heterocycles. The van der Waals surface area contributed by atoms with Crippen LogP contribution in [-0.4, -0.2) is 13.3 Å². The van der Waals surface area contributed by atoms with Gasteiger partial charge in [0, 0.05) is 6.04 Å². The first-order valence-electron chi connectivity index (χ1n) is 3.53. The lowest BCUT2D eigenvalue weighted by molar-refractivity contribution is 0.878. The molecule has 0 aromatic carbocycles. The minimum atomic E-state index is 0.0914. The second-order valence-electron chi connectivity index (χ2n) is 2.35. The van der Waals surface area contributed by atoms with Gasteiger partial charge in [0.2, 0.25) is 0 Å². The van der Waals surface area contributed by atoms with E-state index in [1.54, 1.807) is 0 Å². The van der Waals surface area contributed by atoms with Gasteiger partial charge in [-0.1, -0.05) is 18.4 Å². The van der Waals surface area contributed by atoms with Crippen molar-refractivity contribution in [3.63, 3.8) is 0 Å². The van der Waals surface area contributed by atoms with E-state index in [1.165, 1.54) is 0 Å². The molecule has 2 heteroatoms. The van der Waals surface area contributed by atoms with E-state index in [1.807, 2.05) is 34.0 Å². The second-order valence-corrected chi connectivity index (χ2v) is 2.35. The van der Waals surface area contributed by atoms with Crippen LogP contribution in [0.2, 0.25) is 6.82 Å². The van der Waals surface area contributed by atoms with Gasteiger partial charge in [0.25, 0.3) is 0 Å². The van der Waals surface area contributed by atoms with Crippen LogP contribution in [0.15, 0.2) is 23.7 Å². The lowest BCUT2D eigenvalue weighted by atomic mass is 9.68. The summed E-state index contributed by atoms with van der Waals surface area (Å²) in [5, 5.41) is 0. The van der Waals surface area contributed by atoms with Crippen LogP contribution < -0.4 is 5.73 Å². The fourth-order valence-electron chi connectivity index (χ4n) is 0.907. The number of hydrogen-bond donors (Lipinski definition) is 1. The molecule has 0 saturated heterocycles. The molecule has 1 nitrogen and oxygen atoms in total. The molecule has 1 atom stereocenters. The summed E-state index contributed by atoms with van der Waals surface area (Å²) >= 11 is 0. The predicted molar refractivity (Wildman–Crippen MR) is 48.2 cm³/mol.